The molecule has 7 heteroatoms. The molecular formula is C25H27N5O2. The summed E-state index contributed by atoms with van der Waals surface area (Å²) in [5.41, 5.74) is 3.69. The molecule has 164 valence electrons. The quantitative estimate of drug-likeness (QED) is 0.452. The fourth-order valence-electron chi connectivity index (χ4n) is 4.31. The lowest BCUT2D eigenvalue weighted by molar-refractivity contribution is 0.102. The number of benzene rings is 1. The van der Waals surface area contributed by atoms with Gasteiger partial charge in [0.15, 0.2) is 11.4 Å². The van der Waals surface area contributed by atoms with Crippen LogP contribution < -0.4 is 10.2 Å². The average molecular weight is 430 g/mol. The minimum absolute atomic E-state index is 0.114. The Bertz CT molecular complexity index is 1240. The maximum Gasteiger partial charge on any atom is 0.256 e. The van der Waals surface area contributed by atoms with E-state index >= 15 is 0 Å². The summed E-state index contributed by atoms with van der Waals surface area (Å²) in [7, 11) is 0. The Kier molecular flexibility index (Phi) is 5.39. The summed E-state index contributed by atoms with van der Waals surface area (Å²) in [6, 6.07) is 13.6. The minimum Gasteiger partial charge on any atom is -0.463 e. The van der Waals surface area contributed by atoms with Gasteiger partial charge in [-0.1, -0.05) is 12.1 Å². The van der Waals surface area contributed by atoms with Crippen molar-refractivity contribution in [2.24, 2.45) is 0 Å². The SMILES string of the molecule is CC(C)n1ncc2c(C(=O)Nc3ccccc3N3CCCCC3)cc(-c3ccco3)nc21. The smallest absolute Gasteiger partial charge is 0.256 e. The van der Waals surface area contributed by atoms with Crippen molar-refractivity contribution in [3.8, 4) is 11.5 Å². The summed E-state index contributed by atoms with van der Waals surface area (Å²) < 4.78 is 7.40. The molecule has 4 heterocycles. The van der Waals surface area contributed by atoms with Crippen LogP contribution in [0, 0.1) is 0 Å². The molecule has 0 unspecified atom stereocenters. The lowest BCUT2D eigenvalue weighted by atomic mass is 10.1. The van der Waals surface area contributed by atoms with E-state index in [1.165, 1.54) is 19.3 Å². The molecule has 5 rings (SSSR count). The Morgan fingerprint density at radius 3 is 2.66 bits per heavy atom. The number of nitrogens with zero attached hydrogens (tertiary/aromatic N) is 4. The third kappa shape index (κ3) is 3.75. The molecule has 4 aromatic rings. The number of para-hydroxylation sites is 2. The Hall–Kier alpha value is -3.61. The van der Waals surface area contributed by atoms with Crippen LogP contribution >= 0.6 is 0 Å². The normalized spacial score (nSPS) is 14.3. The van der Waals surface area contributed by atoms with E-state index in [0.717, 1.165) is 29.9 Å². The van der Waals surface area contributed by atoms with Gasteiger partial charge in [-0.3, -0.25) is 4.79 Å². The molecule has 0 spiro atoms. The molecule has 1 amide bonds. The first-order valence-electron chi connectivity index (χ1n) is 11.2. The van der Waals surface area contributed by atoms with Gasteiger partial charge in [-0.2, -0.15) is 5.10 Å². The van der Waals surface area contributed by atoms with E-state index < -0.39 is 0 Å². The first-order valence-corrected chi connectivity index (χ1v) is 11.2. The molecule has 3 aromatic heterocycles. The molecule has 1 aromatic carbocycles. The molecule has 7 nitrogen and oxygen atoms in total. The van der Waals surface area contributed by atoms with Crippen molar-refractivity contribution in [3.63, 3.8) is 0 Å². The number of carbonyl (C=O) groups excluding carboxylic acids is 1. The molecule has 1 fully saturated rings. The number of hydrogen-bond acceptors (Lipinski definition) is 5. The van der Waals surface area contributed by atoms with E-state index in [1.807, 2.05) is 48.9 Å². The van der Waals surface area contributed by atoms with Crippen LogP contribution in [-0.2, 0) is 0 Å². The summed E-state index contributed by atoms with van der Waals surface area (Å²) in [4.78, 5) is 20.7. The molecule has 0 atom stereocenters. The Morgan fingerprint density at radius 2 is 1.91 bits per heavy atom. The highest BCUT2D eigenvalue weighted by Gasteiger charge is 2.21. The summed E-state index contributed by atoms with van der Waals surface area (Å²) in [6.07, 6.45) is 6.94. The van der Waals surface area contributed by atoms with Crippen molar-refractivity contribution in [1.82, 2.24) is 14.8 Å². The van der Waals surface area contributed by atoms with Gasteiger partial charge < -0.3 is 14.6 Å². The van der Waals surface area contributed by atoms with Gasteiger partial charge in [0.2, 0.25) is 0 Å². The Morgan fingerprint density at radius 1 is 1.09 bits per heavy atom. The zero-order valence-corrected chi connectivity index (χ0v) is 18.4. The van der Waals surface area contributed by atoms with Crippen LogP contribution in [0.3, 0.4) is 0 Å². The second-order valence-corrected chi connectivity index (χ2v) is 8.47. The van der Waals surface area contributed by atoms with Gasteiger partial charge in [0, 0.05) is 19.1 Å². The molecule has 32 heavy (non-hydrogen) atoms. The number of aromatic nitrogens is 3. The average Bonchev–Trinajstić information content (AvgIpc) is 3.49. The number of amides is 1. The predicted octanol–water partition coefficient (Wildman–Crippen LogP) is 5.51. The lowest BCUT2D eigenvalue weighted by Gasteiger charge is -2.30. The van der Waals surface area contributed by atoms with Crippen LogP contribution in [0.15, 0.2) is 59.3 Å². The van der Waals surface area contributed by atoms with Crippen LogP contribution in [0.4, 0.5) is 11.4 Å². The number of rotatable bonds is 5. The number of pyridine rings is 1. The number of nitrogens with one attached hydrogen (secondary N) is 1. The molecule has 1 aliphatic heterocycles. The predicted molar refractivity (Wildman–Crippen MR) is 126 cm³/mol. The van der Waals surface area contributed by atoms with Crippen molar-refractivity contribution in [1.29, 1.82) is 0 Å². The summed E-state index contributed by atoms with van der Waals surface area (Å²) >= 11 is 0. The molecule has 0 saturated carbocycles. The monoisotopic (exact) mass is 429 g/mol. The molecule has 1 N–H and O–H groups in total. The number of carbonyl (C=O) groups is 1. The maximum atomic E-state index is 13.5. The van der Waals surface area contributed by atoms with E-state index in [0.29, 0.717) is 22.7 Å². The zero-order chi connectivity index (χ0) is 22.1. The first kappa shape index (κ1) is 20.3. The Balaban J connectivity index is 1.56. The molecule has 0 bridgehead atoms. The first-order chi connectivity index (χ1) is 15.6. The van der Waals surface area contributed by atoms with Crippen LogP contribution in [0.5, 0.6) is 0 Å². The zero-order valence-electron chi connectivity index (χ0n) is 18.4. The molecule has 0 radical (unpaired) electrons. The Labute approximate surface area is 187 Å². The third-order valence-electron chi connectivity index (χ3n) is 5.92. The maximum absolute atomic E-state index is 13.5. The fraction of sp³-hybridized carbons (Fsp3) is 0.320. The van der Waals surface area contributed by atoms with Crippen molar-refractivity contribution >= 4 is 28.3 Å². The van der Waals surface area contributed by atoms with E-state index in [9.17, 15) is 4.79 Å². The van der Waals surface area contributed by atoms with Crippen molar-refractivity contribution in [3.05, 3.63) is 60.5 Å². The number of piperidine rings is 1. The lowest BCUT2D eigenvalue weighted by Crippen LogP contribution is -2.30. The highest BCUT2D eigenvalue weighted by Crippen LogP contribution is 2.31. The highest BCUT2D eigenvalue weighted by atomic mass is 16.3. The van der Waals surface area contributed by atoms with Gasteiger partial charge in [0.25, 0.3) is 5.91 Å². The van der Waals surface area contributed by atoms with Gasteiger partial charge in [0.05, 0.1) is 34.8 Å². The van der Waals surface area contributed by atoms with Gasteiger partial charge in [0.1, 0.15) is 5.69 Å². The van der Waals surface area contributed by atoms with Crippen LogP contribution in [0.1, 0.15) is 49.5 Å². The second kappa shape index (κ2) is 8.49. The fourth-order valence-corrected chi connectivity index (χ4v) is 4.31. The number of fused-ring (bicyclic) bond motifs is 1. The number of hydrogen-bond donors (Lipinski definition) is 1. The molecule has 1 saturated heterocycles. The highest BCUT2D eigenvalue weighted by molar-refractivity contribution is 6.13. The topological polar surface area (TPSA) is 76.2 Å². The standard InChI is InChI=1S/C25H27N5O2/c1-17(2)30-24-19(16-26-30)18(15-21(27-24)23-11-8-14-32-23)25(31)28-20-9-4-5-10-22(20)29-12-6-3-7-13-29/h4-5,8-11,14-17H,3,6-7,12-13H2,1-2H3,(H,28,31). The summed E-state index contributed by atoms with van der Waals surface area (Å²) in [5, 5.41) is 8.37. The summed E-state index contributed by atoms with van der Waals surface area (Å²) in [6.45, 7) is 6.11. The van der Waals surface area contributed by atoms with E-state index in [2.05, 4.69) is 21.4 Å². The van der Waals surface area contributed by atoms with E-state index in [-0.39, 0.29) is 11.9 Å². The van der Waals surface area contributed by atoms with Crippen LogP contribution in [0.2, 0.25) is 0 Å². The summed E-state index contributed by atoms with van der Waals surface area (Å²) in [5.74, 6) is 0.434. The van der Waals surface area contributed by atoms with Gasteiger partial charge >= 0.3 is 0 Å². The molecular weight excluding hydrogens is 402 g/mol. The third-order valence-corrected chi connectivity index (χ3v) is 5.92. The number of furan rings is 1. The van der Waals surface area contributed by atoms with E-state index in [1.54, 1.807) is 18.5 Å². The van der Waals surface area contributed by atoms with Crippen molar-refractivity contribution < 1.29 is 9.21 Å². The number of anilines is 2. The van der Waals surface area contributed by atoms with Crippen LogP contribution in [-0.4, -0.2) is 33.8 Å². The van der Waals surface area contributed by atoms with Gasteiger partial charge in [-0.15, -0.1) is 0 Å². The second-order valence-electron chi connectivity index (χ2n) is 8.47. The minimum atomic E-state index is -0.182. The van der Waals surface area contributed by atoms with E-state index in [4.69, 9.17) is 9.40 Å². The van der Waals surface area contributed by atoms with Crippen molar-refractivity contribution in [2.75, 3.05) is 23.3 Å². The van der Waals surface area contributed by atoms with Gasteiger partial charge in [-0.25, -0.2) is 9.67 Å². The van der Waals surface area contributed by atoms with Crippen LogP contribution in [0.25, 0.3) is 22.5 Å². The molecule has 0 aliphatic carbocycles. The van der Waals surface area contributed by atoms with Crippen molar-refractivity contribution in [2.45, 2.75) is 39.2 Å². The molecule has 1 aliphatic rings. The van der Waals surface area contributed by atoms with Gasteiger partial charge in [-0.05, 0) is 63.4 Å². The largest absolute Gasteiger partial charge is 0.463 e.